The van der Waals surface area contributed by atoms with Gasteiger partial charge in [0.05, 0.1) is 6.61 Å². The van der Waals surface area contributed by atoms with Crippen molar-refractivity contribution in [2.75, 3.05) is 13.7 Å². The zero-order valence-corrected chi connectivity index (χ0v) is 9.62. The van der Waals surface area contributed by atoms with Gasteiger partial charge < -0.3 is 29.2 Å². The van der Waals surface area contributed by atoms with Crippen LogP contribution in [-0.4, -0.2) is 60.4 Å². The van der Waals surface area contributed by atoms with Crippen molar-refractivity contribution in [3.63, 3.8) is 0 Å². The maximum Gasteiger partial charge on any atom is 0.186 e. The van der Waals surface area contributed by atoms with Crippen LogP contribution in [0.15, 0.2) is 0 Å². The summed E-state index contributed by atoms with van der Waals surface area (Å²) in [6.07, 6.45) is -4.00. The number of aliphatic hydroxyl groups excluding tert-OH is 2. The molecule has 94 valence electrons. The molecule has 0 aromatic heterocycles. The summed E-state index contributed by atoms with van der Waals surface area (Å²) in [6, 6.07) is 0. The van der Waals surface area contributed by atoms with Crippen LogP contribution in [0, 0.1) is 0 Å². The second kappa shape index (κ2) is 4.21. The molecule has 2 heterocycles. The smallest absolute Gasteiger partial charge is 0.186 e. The number of hydrogen-bond donors (Lipinski definition) is 2. The molecule has 0 aromatic carbocycles. The number of rotatable bonds is 1. The molecule has 2 fully saturated rings. The normalized spacial score (nSPS) is 47.4. The van der Waals surface area contributed by atoms with Crippen molar-refractivity contribution < 1.29 is 29.2 Å². The minimum absolute atomic E-state index is 0.307. The third kappa shape index (κ3) is 2.09. The molecule has 5 atom stereocenters. The predicted molar refractivity (Wildman–Crippen MR) is 52.6 cm³/mol. The molecule has 2 rings (SSSR count). The highest BCUT2D eigenvalue weighted by molar-refractivity contribution is 4.93. The lowest BCUT2D eigenvalue weighted by Gasteiger charge is -2.48. The zero-order chi connectivity index (χ0) is 11.9. The lowest BCUT2D eigenvalue weighted by atomic mass is 9.97. The minimum atomic E-state index is -1.11. The Morgan fingerprint density at radius 2 is 1.94 bits per heavy atom. The van der Waals surface area contributed by atoms with Crippen molar-refractivity contribution in [1.29, 1.82) is 0 Å². The first-order valence-corrected chi connectivity index (χ1v) is 5.31. The Hall–Kier alpha value is -0.240. The summed E-state index contributed by atoms with van der Waals surface area (Å²) < 4.78 is 21.3. The molecule has 0 amide bonds. The van der Waals surface area contributed by atoms with Gasteiger partial charge >= 0.3 is 0 Å². The quantitative estimate of drug-likeness (QED) is 0.620. The van der Waals surface area contributed by atoms with Gasteiger partial charge in [-0.2, -0.15) is 0 Å². The van der Waals surface area contributed by atoms with Gasteiger partial charge in [0.2, 0.25) is 0 Å². The van der Waals surface area contributed by atoms with Gasteiger partial charge in [-0.25, -0.2) is 0 Å². The van der Waals surface area contributed by atoms with Crippen LogP contribution in [0.25, 0.3) is 0 Å². The maximum absolute atomic E-state index is 9.92. The van der Waals surface area contributed by atoms with Gasteiger partial charge in [-0.15, -0.1) is 0 Å². The number of hydrogen-bond acceptors (Lipinski definition) is 6. The van der Waals surface area contributed by atoms with E-state index in [1.54, 1.807) is 13.8 Å². The Bertz CT molecular complexity index is 254. The molecular weight excluding hydrogens is 216 g/mol. The van der Waals surface area contributed by atoms with Gasteiger partial charge in [0, 0.05) is 7.11 Å². The fraction of sp³-hybridized carbons (Fsp3) is 1.00. The molecule has 2 N–H and O–H groups in total. The summed E-state index contributed by atoms with van der Waals surface area (Å²) in [4.78, 5) is 0. The fourth-order valence-electron chi connectivity index (χ4n) is 2.02. The number of fused-ring (bicyclic) bond motifs is 1. The Morgan fingerprint density at radius 1 is 1.25 bits per heavy atom. The third-order valence-electron chi connectivity index (χ3n) is 2.89. The number of methoxy groups -OCH3 is 1. The number of ether oxygens (including phenoxy) is 4. The highest BCUT2D eigenvalue weighted by Gasteiger charge is 2.50. The lowest BCUT2D eigenvalue weighted by molar-refractivity contribution is -0.379. The van der Waals surface area contributed by atoms with Gasteiger partial charge in [0.1, 0.15) is 24.4 Å². The van der Waals surface area contributed by atoms with Gasteiger partial charge in [0.15, 0.2) is 12.1 Å². The summed E-state index contributed by atoms with van der Waals surface area (Å²) >= 11 is 0. The molecule has 0 aromatic rings. The van der Waals surface area contributed by atoms with Crippen molar-refractivity contribution in [2.24, 2.45) is 0 Å². The van der Waals surface area contributed by atoms with E-state index in [0.717, 1.165) is 0 Å². The van der Waals surface area contributed by atoms with Crippen LogP contribution in [-0.2, 0) is 18.9 Å². The SMILES string of the molecule is CO[C@@H]1O[C@@H]2COC(C)(C)O[C@@H]2[C@H](O)[C@H]1O. The Labute approximate surface area is 94.1 Å². The summed E-state index contributed by atoms with van der Waals surface area (Å²) in [5, 5.41) is 19.6. The second-order valence-electron chi connectivity index (χ2n) is 4.55. The summed E-state index contributed by atoms with van der Waals surface area (Å²) in [7, 11) is 1.41. The molecule has 0 spiro atoms. The highest BCUT2D eigenvalue weighted by atomic mass is 16.8. The molecule has 0 bridgehead atoms. The van der Waals surface area contributed by atoms with Crippen molar-refractivity contribution in [2.45, 2.75) is 50.3 Å². The van der Waals surface area contributed by atoms with Crippen LogP contribution in [0.1, 0.15) is 13.8 Å². The summed E-state index contributed by atoms with van der Waals surface area (Å²) in [5.74, 6) is -0.773. The Morgan fingerprint density at radius 3 is 2.56 bits per heavy atom. The monoisotopic (exact) mass is 234 g/mol. The molecular formula is C10H18O6. The van der Waals surface area contributed by atoms with E-state index < -0.39 is 36.5 Å². The molecule has 6 heteroatoms. The Kier molecular flexibility index (Phi) is 3.22. The Balaban J connectivity index is 2.11. The molecule has 0 unspecified atom stereocenters. The van der Waals surface area contributed by atoms with Crippen molar-refractivity contribution in [1.82, 2.24) is 0 Å². The van der Waals surface area contributed by atoms with E-state index in [1.165, 1.54) is 7.11 Å². The predicted octanol–water partition coefficient (Wildman–Crippen LogP) is -0.769. The first kappa shape index (κ1) is 12.2. The van der Waals surface area contributed by atoms with E-state index in [1.807, 2.05) is 0 Å². The van der Waals surface area contributed by atoms with E-state index in [2.05, 4.69) is 0 Å². The van der Waals surface area contributed by atoms with Crippen molar-refractivity contribution >= 4 is 0 Å². The van der Waals surface area contributed by atoms with Gasteiger partial charge in [-0.05, 0) is 13.8 Å². The standard InChI is InChI=1S/C10H18O6/c1-10(2)14-4-5-8(16-10)6(11)7(12)9(13-3)15-5/h5-9,11-12H,4H2,1-3H3/t5-,6-,7-,8+,9-/m1/s1. The van der Waals surface area contributed by atoms with Crippen LogP contribution >= 0.6 is 0 Å². The van der Waals surface area contributed by atoms with E-state index >= 15 is 0 Å². The molecule has 0 aliphatic carbocycles. The van der Waals surface area contributed by atoms with E-state index in [4.69, 9.17) is 18.9 Å². The van der Waals surface area contributed by atoms with Gasteiger partial charge in [-0.1, -0.05) is 0 Å². The molecule has 2 aliphatic rings. The van der Waals surface area contributed by atoms with Crippen molar-refractivity contribution in [3.05, 3.63) is 0 Å². The van der Waals surface area contributed by atoms with Crippen LogP contribution < -0.4 is 0 Å². The fourth-order valence-corrected chi connectivity index (χ4v) is 2.02. The van der Waals surface area contributed by atoms with Gasteiger partial charge in [0.25, 0.3) is 0 Å². The van der Waals surface area contributed by atoms with Crippen LogP contribution in [0.3, 0.4) is 0 Å². The van der Waals surface area contributed by atoms with Gasteiger partial charge in [-0.3, -0.25) is 0 Å². The average molecular weight is 234 g/mol. The van der Waals surface area contributed by atoms with E-state index in [0.29, 0.717) is 6.61 Å². The van der Waals surface area contributed by atoms with Crippen LogP contribution in [0.5, 0.6) is 0 Å². The molecule has 0 radical (unpaired) electrons. The largest absolute Gasteiger partial charge is 0.387 e. The van der Waals surface area contributed by atoms with Crippen LogP contribution in [0.2, 0.25) is 0 Å². The average Bonchev–Trinajstić information content (AvgIpc) is 2.23. The van der Waals surface area contributed by atoms with Crippen molar-refractivity contribution in [3.8, 4) is 0 Å². The molecule has 0 saturated carbocycles. The molecule has 16 heavy (non-hydrogen) atoms. The second-order valence-corrected chi connectivity index (χ2v) is 4.55. The van der Waals surface area contributed by atoms with E-state index in [9.17, 15) is 10.2 Å². The lowest BCUT2D eigenvalue weighted by Crippen LogP contribution is -2.64. The highest BCUT2D eigenvalue weighted by Crippen LogP contribution is 2.32. The minimum Gasteiger partial charge on any atom is -0.387 e. The molecule has 2 aliphatic heterocycles. The first-order chi connectivity index (χ1) is 7.44. The maximum atomic E-state index is 9.92. The summed E-state index contributed by atoms with van der Waals surface area (Å²) in [6.45, 7) is 3.82. The third-order valence-corrected chi connectivity index (χ3v) is 2.89. The first-order valence-electron chi connectivity index (χ1n) is 5.31. The zero-order valence-electron chi connectivity index (χ0n) is 9.62. The number of aliphatic hydroxyl groups is 2. The van der Waals surface area contributed by atoms with E-state index in [-0.39, 0.29) is 0 Å². The topological polar surface area (TPSA) is 77.4 Å². The molecule has 2 saturated heterocycles. The summed E-state index contributed by atoms with van der Waals surface area (Å²) in [5.41, 5.74) is 0. The van der Waals surface area contributed by atoms with Crippen LogP contribution in [0.4, 0.5) is 0 Å². The molecule has 6 nitrogen and oxygen atoms in total.